The number of anilines is 1. The third kappa shape index (κ3) is 2.32. The highest BCUT2D eigenvalue weighted by Crippen LogP contribution is 2.23. The van der Waals surface area contributed by atoms with Gasteiger partial charge in [-0.05, 0) is 37.1 Å². The van der Waals surface area contributed by atoms with Gasteiger partial charge in [0.25, 0.3) is 5.91 Å². The van der Waals surface area contributed by atoms with Crippen molar-refractivity contribution in [3.05, 3.63) is 46.8 Å². The smallest absolute Gasteiger partial charge is 0.259 e. The Morgan fingerprint density at radius 3 is 3.05 bits per heavy atom. The number of benzene rings is 1. The molecule has 2 N–H and O–H groups in total. The van der Waals surface area contributed by atoms with E-state index in [0.29, 0.717) is 5.56 Å². The van der Waals surface area contributed by atoms with Crippen molar-refractivity contribution in [2.45, 2.75) is 19.9 Å². The summed E-state index contributed by atoms with van der Waals surface area (Å²) in [5.41, 5.74) is 4.75. The van der Waals surface area contributed by atoms with Crippen LogP contribution in [0.2, 0.25) is 0 Å². The van der Waals surface area contributed by atoms with Crippen LogP contribution in [0.15, 0.2) is 24.4 Å². The molecule has 5 nitrogen and oxygen atoms in total. The molecule has 1 aliphatic rings. The Hall–Kier alpha value is -2.14. The van der Waals surface area contributed by atoms with Crippen LogP contribution in [0.25, 0.3) is 0 Å². The van der Waals surface area contributed by atoms with Gasteiger partial charge in [0.15, 0.2) is 0 Å². The lowest BCUT2D eigenvalue weighted by Crippen LogP contribution is -2.25. The van der Waals surface area contributed by atoms with Crippen molar-refractivity contribution in [1.82, 2.24) is 15.1 Å². The number of aromatic nitrogens is 2. The van der Waals surface area contributed by atoms with E-state index in [1.165, 1.54) is 11.1 Å². The van der Waals surface area contributed by atoms with Crippen molar-refractivity contribution in [2.75, 3.05) is 11.9 Å². The van der Waals surface area contributed by atoms with Gasteiger partial charge in [-0.3, -0.25) is 9.48 Å². The minimum atomic E-state index is -0.102. The fourth-order valence-corrected chi connectivity index (χ4v) is 2.64. The number of aryl methyl sites for hydroxylation is 2. The van der Waals surface area contributed by atoms with E-state index >= 15 is 0 Å². The first-order valence-electron chi connectivity index (χ1n) is 6.78. The van der Waals surface area contributed by atoms with Gasteiger partial charge < -0.3 is 10.6 Å². The second kappa shape index (κ2) is 5.09. The fourth-order valence-electron chi connectivity index (χ4n) is 2.64. The molecule has 0 unspecified atom stereocenters. The molecule has 0 radical (unpaired) electrons. The largest absolute Gasteiger partial charge is 0.322 e. The molecule has 0 saturated carbocycles. The summed E-state index contributed by atoms with van der Waals surface area (Å²) in [4.78, 5) is 12.3. The molecule has 1 amide bonds. The Bertz CT molecular complexity index is 660. The molecule has 2 heterocycles. The van der Waals surface area contributed by atoms with Crippen LogP contribution in [-0.2, 0) is 20.0 Å². The van der Waals surface area contributed by atoms with Gasteiger partial charge in [-0.15, -0.1) is 0 Å². The normalized spacial score (nSPS) is 13.9. The van der Waals surface area contributed by atoms with E-state index in [9.17, 15) is 4.79 Å². The van der Waals surface area contributed by atoms with Gasteiger partial charge in [0.2, 0.25) is 0 Å². The van der Waals surface area contributed by atoms with Crippen molar-refractivity contribution in [2.24, 2.45) is 7.05 Å². The van der Waals surface area contributed by atoms with E-state index in [1.807, 2.05) is 26.1 Å². The van der Waals surface area contributed by atoms with E-state index in [4.69, 9.17) is 0 Å². The molecule has 0 aliphatic carbocycles. The lowest BCUT2D eigenvalue weighted by Gasteiger charge is -2.20. The summed E-state index contributed by atoms with van der Waals surface area (Å²) >= 11 is 0. The number of carbonyl (C=O) groups is 1. The number of carbonyl (C=O) groups excluding carboxylic acids is 1. The third-order valence-electron chi connectivity index (χ3n) is 3.65. The first kappa shape index (κ1) is 12.9. The summed E-state index contributed by atoms with van der Waals surface area (Å²) in [5, 5.41) is 10.6. The zero-order valence-corrected chi connectivity index (χ0v) is 11.7. The van der Waals surface area contributed by atoms with Gasteiger partial charge in [-0.2, -0.15) is 5.10 Å². The van der Waals surface area contributed by atoms with E-state index in [2.05, 4.69) is 21.8 Å². The Balaban J connectivity index is 1.88. The van der Waals surface area contributed by atoms with Crippen LogP contribution < -0.4 is 10.6 Å². The molecular weight excluding hydrogens is 252 g/mol. The molecule has 0 fully saturated rings. The van der Waals surface area contributed by atoms with Crippen LogP contribution in [0, 0.1) is 6.92 Å². The lowest BCUT2D eigenvalue weighted by molar-refractivity contribution is 0.102. The SMILES string of the molecule is Cc1nn(C)cc1C(=O)Nc1cccc2c1CNCC2. The molecule has 1 aromatic heterocycles. The molecular formula is C15H18N4O. The van der Waals surface area contributed by atoms with Gasteiger partial charge in [0, 0.05) is 25.5 Å². The molecule has 20 heavy (non-hydrogen) atoms. The number of nitrogens with one attached hydrogen (secondary N) is 2. The molecule has 5 heteroatoms. The molecule has 0 atom stereocenters. The minimum Gasteiger partial charge on any atom is -0.322 e. The lowest BCUT2D eigenvalue weighted by atomic mass is 9.99. The van der Waals surface area contributed by atoms with Crippen LogP contribution in [0.4, 0.5) is 5.69 Å². The summed E-state index contributed by atoms with van der Waals surface area (Å²) < 4.78 is 1.66. The van der Waals surface area contributed by atoms with Crippen molar-refractivity contribution in [3.8, 4) is 0 Å². The predicted octanol–water partition coefficient (Wildman–Crippen LogP) is 1.63. The van der Waals surface area contributed by atoms with Crippen LogP contribution in [-0.4, -0.2) is 22.2 Å². The molecule has 0 bridgehead atoms. The second-order valence-corrected chi connectivity index (χ2v) is 5.13. The maximum absolute atomic E-state index is 12.3. The molecule has 0 spiro atoms. The summed E-state index contributed by atoms with van der Waals surface area (Å²) in [7, 11) is 1.82. The van der Waals surface area contributed by atoms with E-state index in [1.54, 1.807) is 10.9 Å². The zero-order chi connectivity index (χ0) is 14.1. The summed E-state index contributed by atoms with van der Waals surface area (Å²) in [6.07, 6.45) is 2.75. The monoisotopic (exact) mass is 270 g/mol. The number of amides is 1. The first-order valence-corrected chi connectivity index (χ1v) is 6.78. The van der Waals surface area contributed by atoms with Gasteiger partial charge in [0.1, 0.15) is 0 Å². The van der Waals surface area contributed by atoms with Crippen molar-refractivity contribution in [3.63, 3.8) is 0 Å². The molecule has 104 valence electrons. The van der Waals surface area contributed by atoms with Gasteiger partial charge >= 0.3 is 0 Å². The fraction of sp³-hybridized carbons (Fsp3) is 0.333. The van der Waals surface area contributed by atoms with Gasteiger partial charge in [0.05, 0.1) is 11.3 Å². The van der Waals surface area contributed by atoms with E-state index < -0.39 is 0 Å². The maximum atomic E-state index is 12.3. The van der Waals surface area contributed by atoms with Crippen molar-refractivity contribution >= 4 is 11.6 Å². The summed E-state index contributed by atoms with van der Waals surface area (Å²) in [5.74, 6) is -0.102. The third-order valence-corrected chi connectivity index (χ3v) is 3.65. The number of hydrogen-bond acceptors (Lipinski definition) is 3. The average molecular weight is 270 g/mol. The Morgan fingerprint density at radius 1 is 1.45 bits per heavy atom. The predicted molar refractivity (Wildman–Crippen MR) is 77.8 cm³/mol. The molecule has 3 rings (SSSR count). The van der Waals surface area contributed by atoms with Crippen LogP contribution in [0.1, 0.15) is 27.2 Å². The highest BCUT2D eigenvalue weighted by molar-refractivity contribution is 6.05. The summed E-state index contributed by atoms with van der Waals surface area (Å²) in [6.45, 7) is 3.64. The second-order valence-electron chi connectivity index (χ2n) is 5.13. The first-order chi connectivity index (χ1) is 9.65. The minimum absolute atomic E-state index is 0.102. The van der Waals surface area contributed by atoms with Crippen molar-refractivity contribution < 1.29 is 4.79 Å². The average Bonchev–Trinajstić information content (AvgIpc) is 2.78. The van der Waals surface area contributed by atoms with Crippen LogP contribution in [0.3, 0.4) is 0 Å². The number of nitrogens with zero attached hydrogens (tertiary/aromatic N) is 2. The van der Waals surface area contributed by atoms with Crippen molar-refractivity contribution in [1.29, 1.82) is 0 Å². The zero-order valence-electron chi connectivity index (χ0n) is 11.7. The quantitative estimate of drug-likeness (QED) is 0.872. The topological polar surface area (TPSA) is 59.0 Å². The highest BCUT2D eigenvalue weighted by Gasteiger charge is 2.17. The Kier molecular flexibility index (Phi) is 3.28. The van der Waals surface area contributed by atoms with Crippen LogP contribution in [0.5, 0.6) is 0 Å². The number of rotatable bonds is 2. The van der Waals surface area contributed by atoms with E-state index in [-0.39, 0.29) is 5.91 Å². The number of hydrogen-bond donors (Lipinski definition) is 2. The Morgan fingerprint density at radius 2 is 2.30 bits per heavy atom. The maximum Gasteiger partial charge on any atom is 0.259 e. The molecule has 1 aliphatic heterocycles. The summed E-state index contributed by atoms with van der Waals surface area (Å²) in [6, 6.07) is 6.08. The van der Waals surface area contributed by atoms with Crippen LogP contribution >= 0.6 is 0 Å². The van der Waals surface area contributed by atoms with E-state index in [0.717, 1.165) is 30.9 Å². The van der Waals surface area contributed by atoms with Gasteiger partial charge in [-0.1, -0.05) is 12.1 Å². The number of fused-ring (bicyclic) bond motifs is 1. The molecule has 2 aromatic rings. The molecule has 1 aromatic carbocycles. The Labute approximate surface area is 118 Å². The van der Waals surface area contributed by atoms with Gasteiger partial charge in [-0.25, -0.2) is 0 Å². The molecule has 0 saturated heterocycles. The highest BCUT2D eigenvalue weighted by atomic mass is 16.1. The standard InChI is InChI=1S/C15H18N4O/c1-10-13(9-19(2)18-10)15(20)17-14-5-3-4-11-6-7-16-8-12(11)14/h3-5,9,16H,6-8H2,1-2H3,(H,17,20).